The molecule has 1 N–H and O–H groups in total. The first-order valence-electron chi connectivity index (χ1n) is 11.6. The number of fused-ring (bicyclic) bond motifs is 3. The summed E-state index contributed by atoms with van der Waals surface area (Å²) in [4.78, 5) is 33.9. The second kappa shape index (κ2) is 8.08. The van der Waals surface area contributed by atoms with Gasteiger partial charge in [0.1, 0.15) is 5.54 Å². The highest BCUT2D eigenvalue weighted by molar-refractivity contribution is 6.01. The Morgan fingerprint density at radius 2 is 1.81 bits per heavy atom. The van der Waals surface area contributed by atoms with Gasteiger partial charge < -0.3 is 14.8 Å². The van der Waals surface area contributed by atoms with Crippen molar-refractivity contribution in [2.24, 2.45) is 5.92 Å². The molecule has 1 fully saturated rings. The Morgan fingerprint density at radius 3 is 2.59 bits per heavy atom. The third kappa shape index (κ3) is 3.48. The molecular weight excluding hydrogens is 400 g/mol. The number of carbonyl (C=O) groups excluding carboxylic acids is 2. The van der Waals surface area contributed by atoms with Crippen LogP contribution in [0.15, 0.2) is 54.6 Å². The molecule has 1 aromatic heterocycles. The molecule has 0 radical (unpaired) electrons. The van der Waals surface area contributed by atoms with Crippen LogP contribution < -0.4 is 5.32 Å². The summed E-state index contributed by atoms with van der Waals surface area (Å²) in [6.07, 6.45) is 4.47. The highest BCUT2D eigenvalue weighted by Gasteiger charge is 2.49. The molecule has 3 unspecified atom stereocenters. The van der Waals surface area contributed by atoms with Crippen LogP contribution in [0.5, 0.6) is 0 Å². The molecule has 0 bridgehead atoms. The Labute approximate surface area is 188 Å². The smallest absolute Gasteiger partial charge is 0.291 e. The monoisotopic (exact) mass is 430 g/mol. The van der Waals surface area contributed by atoms with E-state index in [9.17, 15) is 9.59 Å². The van der Waals surface area contributed by atoms with E-state index >= 15 is 0 Å². The zero-order chi connectivity index (χ0) is 22.3. The van der Waals surface area contributed by atoms with Gasteiger partial charge in [-0.1, -0.05) is 62.2 Å². The number of amides is 2. The number of nitrogens with one attached hydrogen (secondary N) is 1. The van der Waals surface area contributed by atoms with Gasteiger partial charge in [-0.3, -0.25) is 9.59 Å². The maximum atomic E-state index is 13.8. The normalized spacial score (nSPS) is 25.6. The maximum absolute atomic E-state index is 13.8. The van der Waals surface area contributed by atoms with Gasteiger partial charge in [-0.25, -0.2) is 4.98 Å². The van der Waals surface area contributed by atoms with Crippen LogP contribution in [0.25, 0.3) is 11.0 Å². The summed E-state index contributed by atoms with van der Waals surface area (Å²) in [6.45, 7) is 4.86. The SMILES string of the molecule is CC1CCCCC1NC(=O)C1(C)Cn2c(nc3ccccc32)C(=O)N1Cc1ccccc1. The van der Waals surface area contributed by atoms with Gasteiger partial charge in [-0.2, -0.15) is 0 Å². The van der Waals surface area contributed by atoms with Crippen LogP contribution in [0.3, 0.4) is 0 Å². The van der Waals surface area contributed by atoms with Crippen molar-refractivity contribution in [3.05, 3.63) is 66.0 Å². The van der Waals surface area contributed by atoms with Crippen LogP contribution in [-0.2, 0) is 17.9 Å². The molecular formula is C26H30N4O2. The molecule has 3 aromatic rings. The summed E-state index contributed by atoms with van der Waals surface area (Å²) in [6, 6.07) is 17.8. The molecule has 2 heterocycles. The van der Waals surface area contributed by atoms with E-state index in [1.807, 2.05) is 66.1 Å². The highest BCUT2D eigenvalue weighted by atomic mass is 16.2. The number of imidazole rings is 1. The summed E-state index contributed by atoms with van der Waals surface area (Å²) >= 11 is 0. The van der Waals surface area contributed by atoms with Gasteiger partial charge in [-0.15, -0.1) is 0 Å². The number of rotatable bonds is 4. The highest BCUT2D eigenvalue weighted by Crippen LogP contribution is 2.33. The number of hydrogen-bond acceptors (Lipinski definition) is 3. The van der Waals surface area contributed by atoms with Crippen molar-refractivity contribution in [1.82, 2.24) is 19.8 Å². The lowest BCUT2D eigenvalue weighted by Crippen LogP contribution is -2.65. The first kappa shape index (κ1) is 20.7. The van der Waals surface area contributed by atoms with E-state index in [-0.39, 0.29) is 17.9 Å². The predicted molar refractivity (Wildman–Crippen MR) is 124 cm³/mol. The Kier molecular flexibility index (Phi) is 5.24. The molecule has 0 saturated heterocycles. The van der Waals surface area contributed by atoms with Crippen LogP contribution in [0.2, 0.25) is 0 Å². The molecule has 1 saturated carbocycles. The van der Waals surface area contributed by atoms with Crippen molar-refractivity contribution in [1.29, 1.82) is 0 Å². The summed E-state index contributed by atoms with van der Waals surface area (Å²) in [7, 11) is 0. The van der Waals surface area contributed by atoms with Gasteiger partial charge in [-0.05, 0) is 43.4 Å². The van der Waals surface area contributed by atoms with Crippen molar-refractivity contribution < 1.29 is 9.59 Å². The van der Waals surface area contributed by atoms with Crippen molar-refractivity contribution >= 4 is 22.8 Å². The molecule has 2 aromatic carbocycles. The minimum absolute atomic E-state index is 0.0797. The van der Waals surface area contributed by atoms with Crippen LogP contribution in [0.4, 0.5) is 0 Å². The summed E-state index contributed by atoms with van der Waals surface area (Å²) in [5.74, 6) is 0.566. The molecule has 3 atom stereocenters. The zero-order valence-electron chi connectivity index (χ0n) is 18.8. The fourth-order valence-electron chi connectivity index (χ4n) is 5.20. The zero-order valence-corrected chi connectivity index (χ0v) is 18.8. The van der Waals surface area contributed by atoms with E-state index in [4.69, 9.17) is 0 Å². The molecule has 0 spiro atoms. The summed E-state index contributed by atoms with van der Waals surface area (Å²) in [5, 5.41) is 3.32. The van der Waals surface area contributed by atoms with Crippen LogP contribution in [0.1, 0.15) is 55.7 Å². The van der Waals surface area contributed by atoms with Gasteiger partial charge in [0.05, 0.1) is 17.6 Å². The molecule has 6 heteroatoms. The van der Waals surface area contributed by atoms with E-state index in [0.29, 0.717) is 24.8 Å². The molecule has 2 amide bonds. The standard InChI is InChI=1S/C26H30N4O2/c1-18-10-6-7-13-20(18)28-25(32)26(2)17-29-22-15-9-8-14-21(22)27-23(29)24(31)30(26)16-19-11-4-3-5-12-19/h3-5,8-9,11-12,14-15,18,20H,6-7,10,13,16-17H2,1-2H3,(H,28,32). The van der Waals surface area contributed by atoms with Crippen LogP contribution in [0, 0.1) is 5.92 Å². The number of carbonyl (C=O) groups is 2. The first-order valence-corrected chi connectivity index (χ1v) is 11.6. The average Bonchev–Trinajstić information content (AvgIpc) is 3.17. The largest absolute Gasteiger partial charge is 0.351 e. The predicted octanol–water partition coefficient (Wildman–Crippen LogP) is 4.15. The molecule has 2 aliphatic rings. The van der Waals surface area contributed by atoms with Gasteiger partial charge in [0, 0.05) is 12.6 Å². The minimum Gasteiger partial charge on any atom is -0.351 e. The molecule has 166 valence electrons. The molecule has 5 rings (SSSR count). The van der Waals surface area contributed by atoms with E-state index in [1.54, 1.807) is 4.90 Å². The van der Waals surface area contributed by atoms with E-state index in [0.717, 1.165) is 35.9 Å². The number of hydrogen-bond donors (Lipinski definition) is 1. The maximum Gasteiger partial charge on any atom is 0.291 e. The van der Waals surface area contributed by atoms with E-state index in [1.165, 1.54) is 6.42 Å². The lowest BCUT2D eigenvalue weighted by Gasteiger charge is -2.44. The third-order valence-electron chi connectivity index (χ3n) is 7.25. The fraction of sp³-hybridized carbons (Fsp3) is 0.423. The lowest BCUT2D eigenvalue weighted by molar-refractivity contribution is -0.134. The number of benzene rings is 2. The van der Waals surface area contributed by atoms with Gasteiger partial charge in [0.25, 0.3) is 5.91 Å². The molecule has 6 nitrogen and oxygen atoms in total. The Bertz CT molecular complexity index is 1160. The van der Waals surface area contributed by atoms with Gasteiger partial charge >= 0.3 is 0 Å². The Balaban J connectivity index is 1.55. The van der Waals surface area contributed by atoms with Crippen molar-refractivity contribution in [3.63, 3.8) is 0 Å². The van der Waals surface area contributed by atoms with Gasteiger partial charge in [0.15, 0.2) is 5.82 Å². The molecule has 32 heavy (non-hydrogen) atoms. The number of nitrogens with zero attached hydrogens (tertiary/aromatic N) is 3. The number of para-hydroxylation sites is 2. The lowest BCUT2D eigenvalue weighted by atomic mass is 9.85. The Morgan fingerprint density at radius 1 is 1.09 bits per heavy atom. The van der Waals surface area contributed by atoms with Crippen LogP contribution >= 0.6 is 0 Å². The van der Waals surface area contributed by atoms with E-state index in [2.05, 4.69) is 17.2 Å². The van der Waals surface area contributed by atoms with Crippen LogP contribution in [-0.4, -0.2) is 37.8 Å². The van der Waals surface area contributed by atoms with Crippen molar-refractivity contribution in [2.75, 3.05) is 0 Å². The topological polar surface area (TPSA) is 67.2 Å². The van der Waals surface area contributed by atoms with Gasteiger partial charge in [0.2, 0.25) is 5.91 Å². The fourth-order valence-corrected chi connectivity index (χ4v) is 5.20. The third-order valence-corrected chi connectivity index (χ3v) is 7.25. The Hall–Kier alpha value is -3.15. The van der Waals surface area contributed by atoms with Crippen molar-refractivity contribution in [3.8, 4) is 0 Å². The summed E-state index contributed by atoms with van der Waals surface area (Å²) in [5.41, 5.74) is 1.65. The second-order valence-corrected chi connectivity index (χ2v) is 9.50. The number of aromatic nitrogens is 2. The average molecular weight is 431 g/mol. The van der Waals surface area contributed by atoms with Crippen molar-refractivity contribution in [2.45, 2.75) is 64.2 Å². The van der Waals surface area contributed by atoms with E-state index < -0.39 is 5.54 Å². The molecule has 1 aliphatic heterocycles. The quantitative estimate of drug-likeness (QED) is 0.676. The summed E-state index contributed by atoms with van der Waals surface area (Å²) < 4.78 is 1.92. The molecule has 1 aliphatic carbocycles. The minimum atomic E-state index is -1.01. The first-order chi connectivity index (χ1) is 15.5. The second-order valence-electron chi connectivity index (χ2n) is 9.50.